The molecule has 0 atom stereocenters. The summed E-state index contributed by atoms with van der Waals surface area (Å²) in [5.74, 6) is 4.56. The molecular formula is C13H11F3O3. The van der Waals surface area contributed by atoms with E-state index in [2.05, 4.69) is 16.6 Å². The molecule has 6 heteroatoms. The number of hydrogen-bond acceptors (Lipinski definition) is 3. The third-order valence-corrected chi connectivity index (χ3v) is 2.21. The van der Waals surface area contributed by atoms with Gasteiger partial charge in [-0.3, -0.25) is 4.79 Å². The SMILES string of the molecule is COC(=O)CC#Cc1ccc(C(F)(F)F)cc1OC. The highest BCUT2D eigenvalue weighted by atomic mass is 19.4. The first-order valence-corrected chi connectivity index (χ1v) is 5.19. The van der Waals surface area contributed by atoms with Gasteiger partial charge in [0, 0.05) is 0 Å². The molecule has 0 radical (unpaired) electrons. The Hall–Kier alpha value is -2.16. The van der Waals surface area contributed by atoms with Crippen LogP contribution in [-0.2, 0) is 15.7 Å². The smallest absolute Gasteiger partial charge is 0.416 e. The summed E-state index contributed by atoms with van der Waals surface area (Å²) < 4.78 is 46.7. The molecule has 3 nitrogen and oxygen atoms in total. The summed E-state index contributed by atoms with van der Waals surface area (Å²) in [6.45, 7) is 0. The molecule has 0 heterocycles. The van der Waals surface area contributed by atoms with E-state index in [0.717, 1.165) is 12.1 Å². The first-order chi connectivity index (χ1) is 8.88. The maximum absolute atomic E-state index is 12.5. The number of carbonyl (C=O) groups is 1. The van der Waals surface area contributed by atoms with Gasteiger partial charge >= 0.3 is 12.1 Å². The zero-order chi connectivity index (χ0) is 14.5. The van der Waals surface area contributed by atoms with Crippen LogP contribution >= 0.6 is 0 Å². The number of rotatable bonds is 2. The number of halogens is 3. The summed E-state index contributed by atoms with van der Waals surface area (Å²) in [7, 11) is 2.48. The molecule has 0 bridgehead atoms. The second-order valence-corrected chi connectivity index (χ2v) is 3.47. The van der Waals surface area contributed by atoms with Crippen LogP contribution in [0.5, 0.6) is 5.75 Å². The van der Waals surface area contributed by atoms with Crippen molar-refractivity contribution < 1.29 is 27.4 Å². The summed E-state index contributed by atoms with van der Waals surface area (Å²) >= 11 is 0. The minimum Gasteiger partial charge on any atom is -0.495 e. The van der Waals surface area contributed by atoms with Gasteiger partial charge < -0.3 is 9.47 Å². The van der Waals surface area contributed by atoms with Gasteiger partial charge in [0.1, 0.15) is 12.2 Å². The van der Waals surface area contributed by atoms with Crippen molar-refractivity contribution in [3.63, 3.8) is 0 Å². The molecule has 0 aliphatic carbocycles. The Balaban J connectivity index is 3.00. The molecule has 0 unspecified atom stereocenters. The van der Waals surface area contributed by atoms with Crippen LogP contribution < -0.4 is 4.74 Å². The van der Waals surface area contributed by atoms with E-state index < -0.39 is 17.7 Å². The molecule has 0 saturated heterocycles. The Morgan fingerprint density at radius 3 is 2.53 bits per heavy atom. The number of carbonyl (C=O) groups excluding carboxylic acids is 1. The summed E-state index contributed by atoms with van der Waals surface area (Å²) in [6, 6.07) is 2.97. The molecule has 0 fully saturated rings. The summed E-state index contributed by atoms with van der Waals surface area (Å²) in [4.78, 5) is 10.8. The fourth-order valence-corrected chi connectivity index (χ4v) is 1.25. The fraction of sp³-hybridized carbons (Fsp3) is 0.308. The van der Waals surface area contributed by atoms with Gasteiger partial charge in [0.25, 0.3) is 0 Å². The Morgan fingerprint density at radius 1 is 1.32 bits per heavy atom. The fourth-order valence-electron chi connectivity index (χ4n) is 1.25. The van der Waals surface area contributed by atoms with Crippen molar-refractivity contribution in [1.82, 2.24) is 0 Å². The van der Waals surface area contributed by atoms with Gasteiger partial charge in [0.2, 0.25) is 0 Å². The highest BCUT2D eigenvalue weighted by Crippen LogP contribution is 2.32. The number of esters is 1. The van der Waals surface area contributed by atoms with Gasteiger partial charge in [0.05, 0.1) is 25.3 Å². The summed E-state index contributed by atoms with van der Waals surface area (Å²) in [6.07, 6.45) is -4.58. The van der Waals surface area contributed by atoms with Crippen LogP contribution in [0.1, 0.15) is 17.5 Å². The van der Waals surface area contributed by atoms with Crippen molar-refractivity contribution >= 4 is 5.97 Å². The quantitative estimate of drug-likeness (QED) is 0.613. The molecule has 0 aliphatic heterocycles. The van der Waals surface area contributed by atoms with Crippen molar-refractivity contribution in [1.29, 1.82) is 0 Å². The molecule has 0 N–H and O–H groups in total. The van der Waals surface area contributed by atoms with Gasteiger partial charge in [-0.2, -0.15) is 13.2 Å². The van der Waals surface area contributed by atoms with Crippen molar-refractivity contribution in [3.05, 3.63) is 29.3 Å². The second-order valence-electron chi connectivity index (χ2n) is 3.47. The molecular weight excluding hydrogens is 261 g/mol. The van der Waals surface area contributed by atoms with Crippen LogP contribution in [0.4, 0.5) is 13.2 Å². The Morgan fingerprint density at radius 2 is 2.00 bits per heavy atom. The van der Waals surface area contributed by atoms with Gasteiger partial charge in [0.15, 0.2) is 0 Å². The average molecular weight is 272 g/mol. The average Bonchev–Trinajstić information content (AvgIpc) is 2.37. The van der Waals surface area contributed by atoms with E-state index in [0.29, 0.717) is 0 Å². The first kappa shape index (κ1) is 14.9. The molecule has 0 aliphatic rings. The van der Waals surface area contributed by atoms with E-state index in [1.807, 2.05) is 0 Å². The normalized spacial score (nSPS) is 10.4. The van der Waals surface area contributed by atoms with E-state index in [-0.39, 0.29) is 17.7 Å². The van der Waals surface area contributed by atoms with Crippen molar-refractivity contribution in [2.24, 2.45) is 0 Å². The molecule has 0 aromatic heterocycles. The molecule has 0 spiro atoms. The lowest BCUT2D eigenvalue weighted by atomic mass is 10.1. The van der Waals surface area contributed by atoms with E-state index >= 15 is 0 Å². The van der Waals surface area contributed by atoms with Crippen LogP contribution in [0, 0.1) is 11.8 Å². The van der Waals surface area contributed by atoms with E-state index in [4.69, 9.17) is 4.74 Å². The number of hydrogen-bond donors (Lipinski definition) is 0. The van der Waals surface area contributed by atoms with Crippen molar-refractivity contribution in [2.45, 2.75) is 12.6 Å². The number of methoxy groups -OCH3 is 2. The Labute approximate surface area is 108 Å². The molecule has 1 rings (SSSR count). The van der Waals surface area contributed by atoms with Crippen LogP contribution in [0.2, 0.25) is 0 Å². The van der Waals surface area contributed by atoms with Gasteiger partial charge in [-0.25, -0.2) is 0 Å². The molecule has 1 aromatic carbocycles. The van der Waals surface area contributed by atoms with Crippen LogP contribution in [0.15, 0.2) is 18.2 Å². The summed E-state index contributed by atoms with van der Waals surface area (Å²) in [5, 5.41) is 0. The minimum absolute atomic E-state index is 0.00666. The van der Waals surface area contributed by atoms with Crippen molar-refractivity contribution in [3.8, 4) is 17.6 Å². The van der Waals surface area contributed by atoms with E-state index in [9.17, 15) is 18.0 Å². The zero-order valence-corrected chi connectivity index (χ0v) is 10.3. The van der Waals surface area contributed by atoms with Crippen LogP contribution in [0.25, 0.3) is 0 Å². The van der Waals surface area contributed by atoms with E-state index in [1.165, 1.54) is 20.3 Å². The van der Waals surface area contributed by atoms with E-state index in [1.54, 1.807) is 0 Å². The molecule has 0 amide bonds. The molecule has 102 valence electrons. The molecule has 19 heavy (non-hydrogen) atoms. The Bertz CT molecular complexity index is 524. The number of alkyl halides is 3. The predicted molar refractivity (Wildman–Crippen MR) is 61.5 cm³/mol. The molecule has 1 aromatic rings. The third-order valence-electron chi connectivity index (χ3n) is 2.21. The maximum atomic E-state index is 12.5. The topological polar surface area (TPSA) is 35.5 Å². The first-order valence-electron chi connectivity index (χ1n) is 5.19. The lowest BCUT2D eigenvalue weighted by Crippen LogP contribution is -2.05. The number of benzene rings is 1. The Kier molecular flexibility index (Phi) is 4.81. The van der Waals surface area contributed by atoms with Gasteiger partial charge in [-0.1, -0.05) is 11.8 Å². The highest BCUT2D eigenvalue weighted by molar-refractivity contribution is 5.72. The lowest BCUT2D eigenvalue weighted by molar-refractivity contribution is -0.139. The predicted octanol–water partition coefficient (Wildman–Crippen LogP) is 2.63. The minimum atomic E-state index is -4.44. The number of ether oxygens (including phenoxy) is 2. The zero-order valence-electron chi connectivity index (χ0n) is 10.3. The third kappa shape index (κ3) is 4.21. The largest absolute Gasteiger partial charge is 0.495 e. The van der Waals surface area contributed by atoms with Gasteiger partial charge in [-0.05, 0) is 18.2 Å². The monoisotopic (exact) mass is 272 g/mol. The van der Waals surface area contributed by atoms with Crippen LogP contribution in [0.3, 0.4) is 0 Å². The van der Waals surface area contributed by atoms with Crippen molar-refractivity contribution in [2.75, 3.05) is 14.2 Å². The lowest BCUT2D eigenvalue weighted by Gasteiger charge is -2.09. The second kappa shape index (κ2) is 6.14. The molecule has 0 saturated carbocycles. The maximum Gasteiger partial charge on any atom is 0.416 e. The summed E-state index contributed by atoms with van der Waals surface area (Å²) in [5.41, 5.74) is -0.540. The van der Waals surface area contributed by atoms with Gasteiger partial charge in [-0.15, -0.1) is 0 Å². The highest BCUT2D eigenvalue weighted by Gasteiger charge is 2.31. The standard InChI is InChI=1S/C13H11F3O3/c1-18-11-8-10(13(14,15)16)7-6-9(11)4-3-5-12(17)19-2/h6-8H,5H2,1-2H3. The van der Waals surface area contributed by atoms with Crippen LogP contribution in [-0.4, -0.2) is 20.2 Å².